The van der Waals surface area contributed by atoms with E-state index in [4.69, 9.17) is 20.5 Å². The van der Waals surface area contributed by atoms with E-state index in [9.17, 15) is 14.8 Å². The van der Waals surface area contributed by atoms with Crippen LogP contribution in [-0.2, 0) is 13.8 Å². The zero-order valence-electron chi connectivity index (χ0n) is 12.8. The van der Waals surface area contributed by atoms with Gasteiger partial charge in [-0.15, -0.1) is 4.89 Å². The highest BCUT2D eigenvalue weighted by Crippen LogP contribution is 2.31. The fourth-order valence-electron chi connectivity index (χ4n) is 2.23. The van der Waals surface area contributed by atoms with Gasteiger partial charge in [0.2, 0.25) is 0 Å². The smallest absolute Gasteiger partial charge is 0.394 e. The molecule has 1 saturated heterocycles. The summed E-state index contributed by atoms with van der Waals surface area (Å²) in [5.41, 5.74) is 6.44. The highest BCUT2D eigenvalue weighted by atomic mass is 31.1. The van der Waals surface area contributed by atoms with Crippen LogP contribution in [-0.4, -0.2) is 64.7 Å². The standard InChI is InChI=1S/C10H13N5O4.C2H3O3P/c11-8-5-9(13-2-12-8)15(3-14-5)10-7(18)6(17)4(1-16)19-10;1-2-5-6(3)4/h2-4,6-7,10,16-18H,1H2,(H2,11,12,13);2H,1H2/p+1/t4-,6-,7-,10-;/m1./s1. The van der Waals surface area contributed by atoms with Gasteiger partial charge >= 0.3 is 8.25 Å². The molecule has 3 rings (SSSR count). The Kier molecular flexibility index (Phi) is 6.31. The fourth-order valence-corrected chi connectivity index (χ4v) is 2.36. The van der Waals surface area contributed by atoms with Gasteiger partial charge in [0, 0.05) is 4.57 Å². The molecule has 0 bridgehead atoms. The Morgan fingerprint density at radius 2 is 2.12 bits per heavy atom. The number of ether oxygens (including phenoxy) is 1. The minimum Gasteiger partial charge on any atom is -0.394 e. The molecule has 1 unspecified atom stereocenters. The van der Waals surface area contributed by atoms with Crippen molar-refractivity contribution in [1.29, 1.82) is 0 Å². The Hall–Kier alpha value is -2.21. The number of nitrogens with two attached hydrogens (primary N) is 1. The number of hydrogen-bond acceptors (Lipinski definition) is 10. The maximum absolute atomic E-state index is 9.95. The lowest BCUT2D eigenvalue weighted by molar-refractivity contribution is -0.0511. The van der Waals surface area contributed by atoms with Crippen molar-refractivity contribution >= 4 is 25.2 Å². The van der Waals surface area contributed by atoms with Gasteiger partial charge in [-0.1, -0.05) is 6.58 Å². The topological polar surface area (TPSA) is 186 Å². The molecule has 0 saturated carbocycles. The first-order chi connectivity index (χ1) is 11.9. The van der Waals surface area contributed by atoms with Gasteiger partial charge in [0.25, 0.3) is 0 Å². The highest BCUT2D eigenvalue weighted by molar-refractivity contribution is 7.32. The largest absolute Gasteiger partial charge is 0.746 e. The van der Waals surface area contributed by atoms with Crippen LogP contribution in [0.3, 0.4) is 0 Å². The van der Waals surface area contributed by atoms with E-state index in [-0.39, 0.29) is 5.82 Å². The summed E-state index contributed by atoms with van der Waals surface area (Å²) in [5, 5.41) is 28.7. The summed E-state index contributed by atoms with van der Waals surface area (Å²) in [5.74, 6) is 0.218. The molecule has 0 radical (unpaired) electrons. The second-order valence-electron chi connectivity index (χ2n) is 4.82. The first kappa shape index (κ1) is 19.1. The maximum Gasteiger partial charge on any atom is 0.746 e. The summed E-state index contributed by atoms with van der Waals surface area (Å²) in [6, 6.07) is 0. The molecular formula is C12H17N5O7P+. The Bertz CT molecular complexity index is 757. The molecule has 0 aliphatic carbocycles. The number of aliphatic hydroxyl groups excluding tert-OH is 3. The molecule has 2 aromatic heterocycles. The lowest BCUT2D eigenvalue weighted by Gasteiger charge is -2.16. The van der Waals surface area contributed by atoms with Gasteiger partial charge in [-0.05, 0) is 0 Å². The quantitative estimate of drug-likeness (QED) is 0.320. The molecule has 1 aliphatic rings. The van der Waals surface area contributed by atoms with Crippen LogP contribution < -0.4 is 5.73 Å². The summed E-state index contributed by atoms with van der Waals surface area (Å²) in [6.45, 7) is 2.64. The lowest BCUT2D eigenvalue weighted by atomic mass is 10.1. The van der Waals surface area contributed by atoms with Gasteiger partial charge in [0.15, 0.2) is 17.7 Å². The van der Waals surface area contributed by atoms with Crippen LogP contribution in [0.5, 0.6) is 0 Å². The number of fused-ring (bicyclic) bond motifs is 1. The molecule has 5 atom stereocenters. The number of imidazole rings is 1. The van der Waals surface area contributed by atoms with Crippen molar-refractivity contribution in [3.63, 3.8) is 0 Å². The van der Waals surface area contributed by atoms with Crippen molar-refractivity contribution in [3.05, 3.63) is 25.5 Å². The van der Waals surface area contributed by atoms with Crippen molar-refractivity contribution in [2.75, 3.05) is 12.3 Å². The summed E-state index contributed by atoms with van der Waals surface area (Å²) in [6.07, 6.45) is -0.508. The lowest BCUT2D eigenvalue weighted by Crippen LogP contribution is -2.33. The molecule has 0 aromatic carbocycles. The maximum atomic E-state index is 9.95. The van der Waals surface area contributed by atoms with Crippen LogP contribution in [0.2, 0.25) is 0 Å². The minimum atomic E-state index is -2.47. The third-order valence-corrected chi connectivity index (χ3v) is 3.67. The van der Waals surface area contributed by atoms with E-state index in [2.05, 4.69) is 26.1 Å². The van der Waals surface area contributed by atoms with E-state index in [1.807, 2.05) is 0 Å². The Balaban J connectivity index is 0.000000326. The molecule has 3 heterocycles. The van der Waals surface area contributed by atoms with Crippen molar-refractivity contribution in [2.24, 2.45) is 0 Å². The predicted molar refractivity (Wildman–Crippen MR) is 83.9 cm³/mol. The SMILES string of the molecule is C=CO[P+](=O)O.Nc1ncnc2c1ncn2[C@@H]1O[C@H](CO)[C@@H](O)[C@H]1O. The summed E-state index contributed by atoms with van der Waals surface area (Å²) < 4.78 is 20.2. The third kappa shape index (κ3) is 4.07. The molecule has 13 heteroatoms. The Labute approximate surface area is 142 Å². The van der Waals surface area contributed by atoms with Crippen LogP contribution in [0.25, 0.3) is 11.2 Å². The van der Waals surface area contributed by atoms with E-state index in [1.165, 1.54) is 17.2 Å². The van der Waals surface area contributed by atoms with Crippen LogP contribution in [0.1, 0.15) is 6.23 Å². The molecule has 1 fully saturated rings. The summed E-state index contributed by atoms with van der Waals surface area (Å²) in [4.78, 5) is 19.7. The molecule has 2 aromatic rings. The number of hydrogen-bond donors (Lipinski definition) is 5. The number of nitrogen functional groups attached to an aromatic ring is 1. The van der Waals surface area contributed by atoms with E-state index in [0.29, 0.717) is 11.2 Å². The first-order valence-corrected chi connectivity index (χ1v) is 8.03. The van der Waals surface area contributed by atoms with E-state index >= 15 is 0 Å². The third-order valence-electron chi connectivity index (χ3n) is 3.34. The average Bonchev–Trinajstić information content (AvgIpc) is 3.11. The van der Waals surface area contributed by atoms with E-state index in [0.717, 1.165) is 6.26 Å². The zero-order chi connectivity index (χ0) is 18.6. The Morgan fingerprint density at radius 3 is 2.64 bits per heavy atom. The molecule has 0 spiro atoms. The predicted octanol–water partition coefficient (Wildman–Crippen LogP) is -1.18. The molecule has 25 heavy (non-hydrogen) atoms. The van der Waals surface area contributed by atoms with Crippen molar-refractivity contribution in [3.8, 4) is 0 Å². The minimum absolute atomic E-state index is 0.218. The molecular weight excluding hydrogens is 357 g/mol. The van der Waals surface area contributed by atoms with Gasteiger partial charge in [-0.25, -0.2) is 19.5 Å². The van der Waals surface area contributed by atoms with Gasteiger partial charge in [-0.3, -0.25) is 4.57 Å². The summed E-state index contributed by atoms with van der Waals surface area (Å²) >= 11 is 0. The normalized spacial score (nSPS) is 26.0. The van der Waals surface area contributed by atoms with Gasteiger partial charge in [-0.2, -0.15) is 0 Å². The second kappa shape index (κ2) is 8.25. The first-order valence-electron chi connectivity index (χ1n) is 6.90. The van der Waals surface area contributed by atoms with E-state index < -0.39 is 39.4 Å². The molecule has 6 N–H and O–H groups in total. The Morgan fingerprint density at radius 1 is 1.40 bits per heavy atom. The number of aromatic nitrogens is 4. The van der Waals surface area contributed by atoms with Gasteiger partial charge < -0.3 is 25.8 Å². The van der Waals surface area contributed by atoms with E-state index in [1.54, 1.807) is 0 Å². The second-order valence-corrected chi connectivity index (χ2v) is 5.51. The number of aliphatic hydroxyl groups is 3. The number of anilines is 1. The molecule has 12 nitrogen and oxygen atoms in total. The fraction of sp³-hybridized carbons (Fsp3) is 0.417. The highest BCUT2D eigenvalue weighted by Gasteiger charge is 2.43. The van der Waals surface area contributed by atoms with Crippen LogP contribution >= 0.6 is 8.25 Å². The van der Waals surface area contributed by atoms with Crippen molar-refractivity contribution in [1.82, 2.24) is 19.5 Å². The monoisotopic (exact) mass is 374 g/mol. The van der Waals surface area contributed by atoms with Crippen molar-refractivity contribution < 1.29 is 34.0 Å². The van der Waals surface area contributed by atoms with Crippen LogP contribution in [0.4, 0.5) is 5.82 Å². The number of rotatable bonds is 4. The zero-order valence-corrected chi connectivity index (χ0v) is 13.7. The average molecular weight is 374 g/mol. The molecule has 1 aliphatic heterocycles. The number of nitrogens with zero attached hydrogens (tertiary/aromatic N) is 4. The molecule has 0 amide bonds. The van der Waals surface area contributed by atoms with Crippen LogP contribution in [0, 0.1) is 0 Å². The van der Waals surface area contributed by atoms with Crippen molar-refractivity contribution in [2.45, 2.75) is 24.5 Å². The van der Waals surface area contributed by atoms with Gasteiger partial charge in [0.05, 0.1) is 12.9 Å². The summed E-state index contributed by atoms with van der Waals surface area (Å²) in [7, 11) is -2.47. The molecule has 136 valence electrons. The van der Waals surface area contributed by atoms with Crippen LogP contribution in [0.15, 0.2) is 25.5 Å². The van der Waals surface area contributed by atoms with Gasteiger partial charge in [0.1, 0.15) is 36.4 Å².